The van der Waals surface area contributed by atoms with Gasteiger partial charge in [-0.25, -0.2) is 0 Å². The van der Waals surface area contributed by atoms with Gasteiger partial charge in [-0.05, 0) is 38.0 Å². The Balaban J connectivity index is 1.38. The highest BCUT2D eigenvalue weighted by atomic mass is 16.7. The van der Waals surface area contributed by atoms with Gasteiger partial charge in [0.25, 0.3) is 5.91 Å². The minimum Gasteiger partial charge on any atom is -0.454 e. The molecule has 1 fully saturated rings. The van der Waals surface area contributed by atoms with Crippen LogP contribution < -0.4 is 25.4 Å². The highest BCUT2D eigenvalue weighted by Crippen LogP contribution is 2.37. The zero-order valence-electron chi connectivity index (χ0n) is 17.7. The molecule has 0 aliphatic carbocycles. The van der Waals surface area contributed by atoms with Crippen LogP contribution in [0.25, 0.3) is 0 Å². The van der Waals surface area contributed by atoms with Gasteiger partial charge in [-0.1, -0.05) is 12.1 Å². The molecule has 0 spiro atoms. The minimum atomic E-state index is -0.374. The predicted octanol–water partition coefficient (Wildman–Crippen LogP) is 2.58. The van der Waals surface area contributed by atoms with Crippen LogP contribution in [-0.4, -0.2) is 50.2 Å². The van der Waals surface area contributed by atoms with Gasteiger partial charge >= 0.3 is 0 Å². The van der Waals surface area contributed by atoms with Gasteiger partial charge in [0.05, 0.1) is 23.9 Å². The molecule has 9 nitrogen and oxygen atoms in total. The van der Waals surface area contributed by atoms with E-state index in [1.54, 1.807) is 36.4 Å². The molecule has 2 aliphatic rings. The van der Waals surface area contributed by atoms with Crippen molar-refractivity contribution in [2.24, 2.45) is 0 Å². The Bertz CT molecular complexity index is 1030. The third-order valence-corrected chi connectivity index (χ3v) is 5.29. The highest BCUT2D eigenvalue weighted by molar-refractivity contribution is 6.06. The number of amides is 2. The molecule has 2 aromatic carbocycles. The van der Waals surface area contributed by atoms with Crippen molar-refractivity contribution in [2.45, 2.75) is 25.9 Å². The molecule has 2 aliphatic heterocycles. The van der Waals surface area contributed by atoms with Crippen LogP contribution in [0.5, 0.6) is 11.5 Å². The molecule has 0 bridgehead atoms. The molecule has 168 valence electrons. The summed E-state index contributed by atoms with van der Waals surface area (Å²) in [5.74, 6) is 0.111. The highest BCUT2D eigenvalue weighted by Gasteiger charge is 2.21. The zero-order valence-corrected chi connectivity index (χ0v) is 17.7. The van der Waals surface area contributed by atoms with Crippen molar-refractivity contribution in [2.75, 3.05) is 37.1 Å². The van der Waals surface area contributed by atoms with E-state index in [1.807, 2.05) is 0 Å². The van der Waals surface area contributed by atoms with Crippen molar-refractivity contribution in [1.82, 2.24) is 5.32 Å². The van der Waals surface area contributed by atoms with Crippen LogP contribution in [0.2, 0.25) is 0 Å². The third kappa shape index (κ3) is 5.00. The molecule has 1 unspecified atom stereocenters. The molecule has 1 atom stereocenters. The SMILES string of the molecule is CC(=O)c1cc2c(cc1NC(=O)CNc1ccccc1C(=O)NCC1CCCO1)OCO2. The number of Topliss-reactive ketones (excluding diaryl/α,β-unsaturated/α-hetero) is 1. The van der Waals surface area contributed by atoms with Crippen molar-refractivity contribution in [3.63, 3.8) is 0 Å². The summed E-state index contributed by atoms with van der Waals surface area (Å²) in [5, 5.41) is 8.61. The minimum absolute atomic E-state index is 0.0435. The molecular weight excluding hydrogens is 414 g/mol. The first-order chi connectivity index (χ1) is 15.5. The van der Waals surface area contributed by atoms with E-state index in [0.29, 0.717) is 40.5 Å². The van der Waals surface area contributed by atoms with E-state index in [4.69, 9.17) is 14.2 Å². The van der Waals surface area contributed by atoms with Crippen LogP contribution >= 0.6 is 0 Å². The van der Waals surface area contributed by atoms with Gasteiger partial charge in [-0.3, -0.25) is 14.4 Å². The van der Waals surface area contributed by atoms with Crippen molar-refractivity contribution < 1.29 is 28.6 Å². The Kier molecular flexibility index (Phi) is 6.55. The number of hydrogen-bond donors (Lipinski definition) is 3. The fourth-order valence-electron chi connectivity index (χ4n) is 3.65. The summed E-state index contributed by atoms with van der Waals surface area (Å²) in [5.41, 5.74) is 1.64. The monoisotopic (exact) mass is 439 g/mol. The first kappa shape index (κ1) is 21.6. The standard InChI is InChI=1S/C23H25N3O6/c1-14(27)17-9-20-21(32-13-31-20)10-19(17)26-22(28)12-24-18-7-3-2-6-16(18)23(29)25-11-15-5-4-8-30-15/h2-3,6-7,9-10,15,24H,4-5,8,11-13H2,1H3,(H,25,29)(H,26,28). The van der Waals surface area contributed by atoms with Crippen LogP contribution in [0.4, 0.5) is 11.4 Å². The quantitative estimate of drug-likeness (QED) is 0.542. The summed E-state index contributed by atoms with van der Waals surface area (Å²) < 4.78 is 16.2. The Morgan fingerprint density at radius 3 is 2.56 bits per heavy atom. The number of hydrogen-bond acceptors (Lipinski definition) is 7. The second kappa shape index (κ2) is 9.69. The number of anilines is 2. The Morgan fingerprint density at radius 1 is 1.03 bits per heavy atom. The fourth-order valence-corrected chi connectivity index (χ4v) is 3.65. The van der Waals surface area contributed by atoms with Gasteiger partial charge in [0, 0.05) is 30.5 Å². The normalized spacial score (nSPS) is 16.5. The molecule has 0 aromatic heterocycles. The van der Waals surface area contributed by atoms with E-state index >= 15 is 0 Å². The maximum absolute atomic E-state index is 12.6. The smallest absolute Gasteiger partial charge is 0.253 e. The average Bonchev–Trinajstić information content (AvgIpc) is 3.47. The maximum Gasteiger partial charge on any atom is 0.253 e. The number of benzene rings is 2. The van der Waals surface area contributed by atoms with Crippen molar-refractivity contribution in [3.05, 3.63) is 47.5 Å². The van der Waals surface area contributed by atoms with Crippen LogP contribution in [0.15, 0.2) is 36.4 Å². The fraction of sp³-hybridized carbons (Fsp3) is 0.348. The largest absolute Gasteiger partial charge is 0.454 e. The summed E-state index contributed by atoms with van der Waals surface area (Å²) in [6.45, 7) is 2.56. The molecule has 32 heavy (non-hydrogen) atoms. The first-order valence-electron chi connectivity index (χ1n) is 10.5. The molecule has 2 amide bonds. The van der Waals surface area contributed by atoms with Crippen molar-refractivity contribution in [3.8, 4) is 11.5 Å². The van der Waals surface area contributed by atoms with Gasteiger partial charge < -0.3 is 30.2 Å². The second-order valence-electron chi connectivity index (χ2n) is 7.60. The molecule has 2 heterocycles. The van der Waals surface area contributed by atoms with Gasteiger partial charge in [-0.2, -0.15) is 0 Å². The topological polar surface area (TPSA) is 115 Å². The third-order valence-electron chi connectivity index (χ3n) is 5.29. The molecule has 1 saturated heterocycles. The number of carbonyl (C=O) groups is 3. The summed E-state index contributed by atoms with van der Waals surface area (Å²) in [6, 6.07) is 10.1. The predicted molar refractivity (Wildman–Crippen MR) is 117 cm³/mol. The number of ketones is 1. The van der Waals surface area contributed by atoms with E-state index in [9.17, 15) is 14.4 Å². The lowest BCUT2D eigenvalue weighted by molar-refractivity contribution is -0.114. The van der Waals surface area contributed by atoms with Crippen molar-refractivity contribution in [1.29, 1.82) is 0 Å². The average molecular weight is 439 g/mol. The van der Waals surface area contributed by atoms with Crippen LogP contribution in [0.3, 0.4) is 0 Å². The molecule has 0 saturated carbocycles. The Hall–Kier alpha value is -3.59. The van der Waals surface area contributed by atoms with E-state index in [-0.39, 0.29) is 37.0 Å². The molecule has 0 radical (unpaired) electrons. The van der Waals surface area contributed by atoms with Gasteiger partial charge in [0.1, 0.15) is 0 Å². The number of ether oxygens (including phenoxy) is 3. The number of carbonyl (C=O) groups excluding carboxylic acids is 3. The Labute approximate surface area is 185 Å². The Morgan fingerprint density at radius 2 is 1.81 bits per heavy atom. The first-order valence-corrected chi connectivity index (χ1v) is 10.5. The van der Waals surface area contributed by atoms with Gasteiger partial charge in [-0.15, -0.1) is 0 Å². The number of rotatable bonds is 8. The molecule has 9 heteroatoms. The number of para-hydroxylation sites is 1. The van der Waals surface area contributed by atoms with Gasteiger partial charge in [0.15, 0.2) is 17.3 Å². The van der Waals surface area contributed by atoms with Crippen LogP contribution in [0, 0.1) is 0 Å². The summed E-state index contributed by atoms with van der Waals surface area (Å²) in [6.07, 6.45) is 1.98. The molecule has 3 N–H and O–H groups in total. The lowest BCUT2D eigenvalue weighted by atomic mass is 10.1. The van der Waals surface area contributed by atoms with E-state index < -0.39 is 0 Å². The van der Waals surface area contributed by atoms with Gasteiger partial charge in [0.2, 0.25) is 12.7 Å². The maximum atomic E-state index is 12.6. The summed E-state index contributed by atoms with van der Waals surface area (Å²) >= 11 is 0. The molecular formula is C23H25N3O6. The van der Waals surface area contributed by atoms with E-state index in [2.05, 4.69) is 16.0 Å². The lowest BCUT2D eigenvalue weighted by Crippen LogP contribution is -2.32. The van der Waals surface area contributed by atoms with Crippen molar-refractivity contribution >= 4 is 29.0 Å². The summed E-state index contributed by atoms with van der Waals surface area (Å²) in [7, 11) is 0. The zero-order chi connectivity index (χ0) is 22.5. The second-order valence-corrected chi connectivity index (χ2v) is 7.60. The van der Waals surface area contributed by atoms with E-state index in [0.717, 1.165) is 19.4 Å². The molecule has 2 aromatic rings. The van der Waals surface area contributed by atoms with E-state index in [1.165, 1.54) is 6.92 Å². The number of nitrogens with one attached hydrogen (secondary N) is 3. The van der Waals surface area contributed by atoms with Crippen LogP contribution in [-0.2, 0) is 9.53 Å². The summed E-state index contributed by atoms with van der Waals surface area (Å²) in [4.78, 5) is 37.2. The lowest BCUT2D eigenvalue weighted by Gasteiger charge is -2.15. The number of fused-ring (bicyclic) bond motifs is 1. The molecule has 4 rings (SSSR count). The van der Waals surface area contributed by atoms with Crippen LogP contribution in [0.1, 0.15) is 40.5 Å².